The highest BCUT2D eigenvalue weighted by Crippen LogP contribution is 2.42. The van der Waals surface area contributed by atoms with Crippen LogP contribution in [0.3, 0.4) is 0 Å². The fourth-order valence-electron chi connectivity index (χ4n) is 8.37. The molecule has 2 unspecified atom stereocenters. The van der Waals surface area contributed by atoms with Crippen LogP contribution in [0.15, 0.2) is 158 Å². The lowest BCUT2D eigenvalue weighted by Crippen LogP contribution is -2.26. The molecule has 2 heteroatoms. The Morgan fingerprint density at radius 1 is 0.426 bits per heavy atom. The van der Waals surface area contributed by atoms with Crippen LogP contribution < -0.4 is 0 Å². The van der Waals surface area contributed by atoms with E-state index in [2.05, 4.69) is 172 Å². The standard InChI is InChI=1S/C52H56N2/c1-3-5-7-17-30-51(32-19-11-20-33-51)49-39-45(37-47(53-49)41-24-13-9-14-25-41)43-28-23-29-44(36-43)46-38-48(42-26-15-10-16-27-42)54-50(40-46)52(31-18-8-6-4-2)34-21-12-22-35-52/h9-16,19-29,32,34,36-40H,3-8,17-18,30-31,33,35H2,1-2H3. The topological polar surface area (TPSA) is 25.8 Å². The summed E-state index contributed by atoms with van der Waals surface area (Å²) in [7, 11) is 0. The van der Waals surface area contributed by atoms with Crippen molar-refractivity contribution in [3.05, 3.63) is 169 Å². The van der Waals surface area contributed by atoms with E-state index < -0.39 is 0 Å². The number of hydrogen-bond donors (Lipinski definition) is 0. The van der Waals surface area contributed by atoms with Gasteiger partial charge in [-0.05, 0) is 78.3 Å². The van der Waals surface area contributed by atoms with Crippen molar-refractivity contribution in [1.29, 1.82) is 0 Å². The SMILES string of the molecule is CCCCCCC1(c2cc(-c3cccc(-c4cc(-c5ccccc5)nc(C5(CCCCCC)C=CC=CC5)c4)c3)cc(-c3ccccc3)n2)C=CC=CC1. The van der Waals surface area contributed by atoms with Gasteiger partial charge in [0.1, 0.15) is 0 Å². The Morgan fingerprint density at radius 2 is 0.870 bits per heavy atom. The predicted octanol–water partition coefficient (Wildman–Crippen LogP) is 14.6. The van der Waals surface area contributed by atoms with E-state index in [4.69, 9.17) is 9.97 Å². The number of nitrogens with zero attached hydrogens (tertiary/aromatic N) is 2. The van der Waals surface area contributed by atoms with Gasteiger partial charge in [-0.2, -0.15) is 0 Å². The third kappa shape index (κ3) is 8.65. The molecule has 2 nitrogen and oxygen atoms in total. The second-order valence-electron chi connectivity index (χ2n) is 15.5. The van der Waals surface area contributed by atoms with E-state index in [0.29, 0.717) is 0 Å². The van der Waals surface area contributed by atoms with Crippen LogP contribution in [-0.4, -0.2) is 9.97 Å². The van der Waals surface area contributed by atoms with Crippen molar-refractivity contribution in [2.24, 2.45) is 0 Å². The average Bonchev–Trinajstić information content (AvgIpc) is 3.25. The van der Waals surface area contributed by atoms with Crippen molar-refractivity contribution in [2.45, 2.75) is 102 Å². The second-order valence-corrected chi connectivity index (χ2v) is 15.5. The van der Waals surface area contributed by atoms with Crippen molar-refractivity contribution >= 4 is 0 Å². The number of hydrogen-bond acceptors (Lipinski definition) is 2. The van der Waals surface area contributed by atoms with Crippen LogP contribution in [0.5, 0.6) is 0 Å². The molecule has 0 aliphatic heterocycles. The summed E-state index contributed by atoms with van der Waals surface area (Å²) < 4.78 is 0. The Labute approximate surface area is 324 Å². The van der Waals surface area contributed by atoms with E-state index in [0.717, 1.165) is 48.2 Å². The molecule has 54 heavy (non-hydrogen) atoms. The first kappa shape index (κ1) is 37.2. The minimum absolute atomic E-state index is 0.113. The summed E-state index contributed by atoms with van der Waals surface area (Å²) in [4.78, 5) is 10.9. The van der Waals surface area contributed by atoms with Crippen molar-refractivity contribution in [1.82, 2.24) is 9.97 Å². The molecule has 2 atom stereocenters. The molecular formula is C52H56N2. The highest BCUT2D eigenvalue weighted by molar-refractivity contribution is 5.78. The van der Waals surface area contributed by atoms with E-state index in [1.807, 2.05) is 0 Å². The van der Waals surface area contributed by atoms with Gasteiger partial charge in [-0.25, -0.2) is 0 Å². The van der Waals surface area contributed by atoms with Gasteiger partial charge in [-0.3, -0.25) is 9.97 Å². The first-order valence-electron chi connectivity index (χ1n) is 20.6. The smallest absolute Gasteiger partial charge is 0.0711 e. The average molecular weight is 709 g/mol. The Morgan fingerprint density at radius 3 is 1.28 bits per heavy atom. The zero-order chi connectivity index (χ0) is 37.1. The Hall–Kier alpha value is -5.08. The van der Waals surface area contributed by atoms with Gasteiger partial charge in [0.15, 0.2) is 0 Å². The maximum Gasteiger partial charge on any atom is 0.0711 e. The third-order valence-electron chi connectivity index (χ3n) is 11.6. The number of unbranched alkanes of at least 4 members (excludes halogenated alkanes) is 6. The molecule has 3 aromatic carbocycles. The van der Waals surface area contributed by atoms with Gasteiger partial charge in [0.05, 0.1) is 22.8 Å². The van der Waals surface area contributed by atoms with Gasteiger partial charge in [0.25, 0.3) is 0 Å². The molecule has 0 spiro atoms. The van der Waals surface area contributed by atoms with E-state index in [-0.39, 0.29) is 10.8 Å². The quantitative estimate of drug-likeness (QED) is 0.0954. The Bertz CT molecular complexity index is 1960. The highest BCUT2D eigenvalue weighted by atomic mass is 14.8. The number of allylic oxidation sites excluding steroid dienone is 8. The number of rotatable bonds is 16. The fourth-order valence-corrected chi connectivity index (χ4v) is 8.37. The molecule has 0 saturated heterocycles. The molecule has 0 N–H and O–H groups in total. The lowest BCUT2D eigenvalue weighted by Gasteiger charge is -2.32. The van der Waals surface area contributed by atoms with Crippen LogP contribution in [0.1, 0.15) is 102 Å². The van der Waals surface area contributed by atoms with Gasteiger partial charge in [0.2, 0.25) is 0 Å². The first-order valence-corrected chi connectivity index (χ1v) is 20.6. The molecule has 7 rings (SSSR count). The van der Waals surface area contributed by atoms with Crippen LogP contribution in [0.4, 0.5) is 0 Å². The van der Waals surface area contributed by atoms with Gasteiger partial charge < -0.3 is 0 Å². The monoisotopic (exact) mass is 708 g/mol. The molecule has 0 fully saturated rings. The second kappa shape index (κ2) is 17.8. The molecule has 5 aromatic rings. The lowest BCUT2D eigenvalue weighted by atomic mass is 9.73. The molecule has 274 valence electrons. The molecule has 0 bridgehead atoms. The van der Waals surface area contributed by atoms with Crippen molar-refractivity contribution in [3.8, 4) is 44.8 Å². The zero-order valence-electron chi connectivity index (χ0n) is 32.4. The van der Waals surface area contributed by atoms with E-state index in [9.17, 15) is 0 Å². The highest BCUT2D eigenvalue weighted by Gasteiger charge is 2.33. The van der Waals surface area contributed by atoms with E-state index >= 15 is 0 Å². The molecule has 0 saturated carbocycles. The predicted molar refractivity (Wildman–Crippen MR) is 230 cm³/mol. The van der Waals surface area contributed by atoms with Gasteiger partial charge in [-0.1, -0.05) is 193 Å². The maximum absolute atomic E-state index is 5.45. The minimum atomic E-state index is -0.113. The summed E-state index contributed by atoms with van der Waals surface area (Å²) in [6, 6.07) is 39.9. The fraction of sp³-hybridized carbons (Fsp3) is 0.308. The number of aromatic nitrogens is 2. The molecular weight excluding hydrogens is 653 g/mol. The Kier molecular flexibility index (Phi) is 12.3. The molecule has 0 amide bonds. The number of benzene rings is 3. The van der Waals surface area contributed by atoms with Crippen molar-refractivity contribution < 1.29 is 0 Å². The molecule has 2 aliphatic rings. The van der Waals surface area contributed by atoms with Crippen LogP contribution in [0, 0.1) is 0 Å². The minimum Gasteiger partial charge on any atom is -0.252 e. The first-order chi connectivity index (χ1) is 26.6. The summed E-state index contributed by atoms with van der Waals surface area (Å²) in [6.45, 7) is 4.58. The zero-order valence-corrected chi connectivity index (χ0v) is 32.4. The number of pyridine rings is 2. The van der Waals surface area contributed by atoms with E-state index in [1.165, 1.54) is 85.0 Å². The summed E-state index contributed by atoms with van der Waals surface area (Å²) >= 11 is 0. The maximum atomic E-state index is 5.45. The van der Waals surface area contributed by atoms with Gasteiger partial charge in [-0.15, -0.1) is 0 Å². The van der Waals surface area contributed by atoms with Gasteiger partial charge in [0, 0.05) is 22.0 Å². The van der Waals surface area contributed by atoms with Crippen LogP contribution in [-0.2, 0) is 10.8 Å². The lowest BCUT2D eigenvalue weighted by molar-refractivity contribution is 0.447. The molecule has 2 aliphatic carbocycles. The van der Waals surface area contributed by atoms with Crippen molar-refractivity contribution in [2.75, 3.05) is 0 Å². The summed E-state index contributed by atoms with van der Waals surface area (Å²) in [6.07, 6.45) is 32.5. The summed E-state index contributed by atoms with van der Waals surface area (Å²) in [5, 5.41) is 0. The van der Waals surface area contributed by atoms with E-state index in [1.54, 1.807) is 0 Å². The molecule has 2 aromatic heterocycles. The summed E-state index contributed by atoms with van der Waals surface area (Å²) in [5.41, 5.74) is 11.3. The third-order valence-corrected chi connectivity index (χ3v) is 11.6. The van der Waals surface area contributed by atoms with Gasteiger partial charge >= 0.3 is 0 Å². The molecule has 0 radical (unpaired) electrons. The normalized spacial score (nSPS) is 19.0. The Balaban J connectivity index is 1.33. The van der Waals surface area contributed by atoms with Crippen LogP contribution >= 0.6 is 0 Å². The summed E-state index contributed by atoms with van der Waals surface area (Å²) in [5.74, 6) is 0. The largest absolute Gasteiger partial charge is 0.252 e. The van der Waals surface area contributed by atoms with Crippen LogP contribution in [0.2, 0.25) is 0 Å². The molecule has 2 heterocycles. The van der Waals surface area contributed by atoms with Crippen LogP contribution in [0.25, 0.3) is 44.8 Å². The van der Waals surface area contributed by atoms with Crippen molar-refractivity contribution in [3.63, 3.8) is 0 Å².